The third kappa shape index (κ3) is 8.83. The molecular formula is C29H20F7N5O4S2. The van der Waals surface area contributed by atoms with E-state index in [9.17, 15) is 35.9 Å². The van der Waals surface area contributed by atoms with Crippen molar-refractivity contribution in [2.24, 2.45) is 4.99 Å². The molecule has 0 unspecified atom stereocenters. The number of carbonyl (C=O) groups excluding carboxylic acids is 2. The fourth-order valence-corrected chi connectivity index (χ4v) is 5.90. The highest BCUT2D eigenvalue weighted by molar-refractivity contribution is 8.15. The molecule has 0 saturated carbocycles. The average Bonchev–Trinajstić information content (AvgIpc) is 3.61. The predicted octanol–water partition coefficient (Wildman–Crippen LogP) is 7.97. The lowest BCUT2D eigenvalue weighted by molar-refractivity contribution is -0.274. The fraction of sp³-hybridized carbons (Fsp3) is 0.207. The van der Waals surface area contributed by atoms with Crippen LogP contribution < -0.4 is 15.0 Å². The second-order valence-corrected chi connectivity index (χ2v) is 11.7. The molecule has 1 aliphatic heterocycles. The molecule has 3 amide bonds. The molecule has 1 saturated heterocycles. The van der Waals surface area contributed by atoms with Gasteiger partial charge in [0.15, 0.2) is 5.17 Å². The summed E-state index contributed by atoms with van der Waals surface area (Å²) in [5, 5.41) is 10.9. The Hall–Kier alpha value is -4.55. The first-order valence-electron chi connectivity index (χ1n) is 13.2. The minimum Gasteiger partial charge on any atom is -0.406 e. The van der Waals surface area contributed by atoms with Crippen LogP contribution in [0.15, 0.2) is 65.7 Å². The van der Waals surface area contributed by atoms with Gasteiger partial charge in [-0.25, -0.2) is 9.18 Å². The SMILES string of the molecule is Cc1ccc(COCC(F)(F)F)c(N2C(=O)CSC2=NC(=O)Nc2ccc(-c3nnc(-c4ccc(OC(F)(F)F)cc4)s3)cc2F)c1. The lowest BCUT2D eigenvalue weighted by Gasteiger charge is -2.21. The molecule has 1 N–H and O–H groups in total. The Bertz CT molecular complexity index is 1830. The first-order chi connectivity index (χ1) is 22.1. The number of rotatable bonds is 8. The van der Waals surface area contributed by atoms with E-state index in [1.807, 2.05) is 0 Å². The third-order valence-electron chi connectivity index (χ3n) is 6.19. The molecule has 0 atom stereocenters. The topological polar surface area (TPSA) is 106 Å². The molecular weight excluding hydrogens is 679 g/mol. The van der Waals surface area contributed by atoms with E-state index in [1.165, 1.54) is 30.3 Å². The molecule has 47 heavy (non-hydrogen) atoms. The number of thioether (sulfide) groups is 1. The Kier molecular flexibility index (Phi) is 9.83. The summed E-state index contributed by atoms with van der Waals surface area (Å²) < 4.78 is 98.7. The van der Waals surface area contributed by atoms with Crippen molar-refractivity contribution in [2.45, 2.75) is 26.1 Å². The van der Waals surface area contributed by atoms with Crippen LogP contribution >= 0.6 is 23.1 Å². The lowest BCUT2D eigenvalue weighted by atomic mass is 10.1. The number of urea groups is 1. The summed E-state index contributed by atoms with van der Waals surface area (Å²) >= 11 is 1.97. The van der Waals surface area contributed by atoms with Gasteiger partial charge in [0.2, 0.25) is 5.91 Å². The highest BCUT2D eigenvalue weighted by Crippen LogP contribution is 2.34. The molecule has 246 valence electrons. The summed E-state index contributed by atoms with van der Waals surface area (Å²) in [5.74, 6) is -1.82. The van der Waals surface area contributed by atoms with Crippen molar-refractivity contribution in [3.63, 3.8) is 0 Å². The van der Waals surface area contributed by atoms with Crippen molar-refractivity contribution in [2.75, 3.05) is 22.6 Å². The number of nitrogens with zero attached hydrogens (tertiary/aromatic N) is 4. The van der Waals surface area contributed by atoms with E-state index in [-0.39, 0.29) is 32.9 Å². The zero-order valence-electron chi connectivity index (χ0n) is 23.8. The Morgan fingerprint density at radius 1 is 0.979 bits per heavy atom. The number of anilines is 2. The van der Waals surface area contributed by atoms with E-state index in [0.717, 1.165) is 46.2 Å². The van der Waals surface area contributed by atoms with Gasteiger partial charge in [0, 0.05) is 16.7 Å². The zero-order valence-corrected chi connectivity index (χ0v) is 25.4. The molecule has 2 heterocycles. The van der Waals surface area contributed by atoms with Gasteiger partial charge in [-0.2, -0.15) is 18.2 Å². The maximum Gasteiger partial charge on any atom is 0.573 e. The van der Waals surface area contributed by atoms with Crippen molar-refractivity contribution in [3.05, 3.63) is 77.6 Å². The van der Waals surface area contributed by atoms with Crippen LogP contribution in [0.25, 0.3) is 21.1 Å². The molecule has 1 aliphatic rings. The van der Waals surface area contributed by atoms with Gasteiger partial charge in [0.25, 0.3) is 0 Å². The summed E-state index contributed by atoms with van der Waals surface area (Å²) in [5.41, 5.74) is 1.66. The number of hydrogen-bond acceptors (Lipinski definition) is 8. The highest BCUT2D eigenvalue weighted by Gasteiger charge is 2.33. The molecule has 0 bridgehead atoms. The number of halogens is 7. The minimum atomic E-state index is -4.83. The average molecular weight is 700 g/mol. The number of aryl methyl sites for hydroxylation is 1. The quantitative estimate of drug-likeness (QED) is 0.186. The maximum absolute atomic E-state index is 15.0. The van der Waals surface area contributed by atoms with E-state index >= 15 is 4.39 Å². The van der Waals surface area contributed by atoms with Gasteiger partial charge in [-0.05, 0) is 61.0 Å². The zero-order chi connectivity index (χ0) is 33.9. The van der Waals surface area contributed by atoms with Gasteiger partial charge in [0.05, 0.1) is 23.7 Å². The summed E-state index contributed by atoms with van der Waals surface area (Å²) in [6.07, 6.45) is -9.38. The fourth-order valence-electron chi connectivity index (χ4n) is 4.20. The van der Waals surface area contributed by atoms with Crippen LogP contribution in [0, 0.1) is 12.7 Å². The Labute approximate surface area is 269 Å². The van der Waals surface area contributed by atoms with Crippen molar-refractivity contribution < 1.29 is 49.8 Å². The van der Waals surface area contributed by atoms with Crippen LogP contribution in [0.4, 0.5) is 46.9 Å². The van der Waals surface area contributed by atoms with Crippen LogP contribution in [0.3, 0.4) is 0 Å². The second kappa shape index (κ2) is 13.7. The van der Waals surface area contributed by atoms with Gasteiger partial charge in [-0.3, -0.25) is 9.69 Å². The molecule has 0 aliphatic carbocycles. The standard InChI is InChI=1S/C29H20F7N5O4S2/c1-15-2-3-18(12-44-14-28(31,32)33)22(10-15)41-23(42)13-46-27(41)38-26(43)37-21-9-6-17(11-20(21)30)25-40-39-24(47-25)16-4-7-19(8-5-16)45-29(34,35)36/h2-11H,12-14H2,1H3,(H,37,43). The number of ether oxygens (including phenoxy) is 2. The van der Waals surface area contributed by atoms with Crippen molar-refractivity contribution in [3.8, 4) is 26.9 Å². The summed E-state index contributed by atoms with van der Waals surface area (Å²) in [6, 6.07) is 12.5. The van der Waals surface area contributed by atoms with Gasteiger partial charge < -0.3 is 14.8 Å². The number of hydrogen-bond donors (Lipinski definition) is 1. The second-order valence-electron chi connectivity index (χ2n) is 9.76. The van der Waals surface area contributed by atoms with E-state index in [2.05, 4.69) is 25.2 Å². The van der Waals surface area contributed by atoms with Crippen molar-refractivity contribution >= 4 is 51.6 Å². The number of aromatic nitrogens is 2. The molecule has 1 aromatic heterocycles. The van der Waals surface area contributed by atoms with Crippen LogP contribution in [-0.2, 0) is 16.1 Å². The van der Waals surface area contributed by atoms with Gasteiger partial charge in [-0.1, -0.05) is 35.2 Å². The molecule has 0 radical (unpaired) electrons. The first-order valence-corrected chi connectivity index (χ1v) is 15.0. The smallest absolute Gasteiger partial charge is 0.406 e. The third-order valence-corrected chi connectivity index (χ3v) is 8.13. The maximum atomic E-state index is 15.0. The van der Waals surface area contributed by atoms with E-state index in [4.69, 9.17) is 4.74 Å². The summed E-state index contributed by atoms with van der Waals surface area (Å²) in [6.45, 7) is -0.237. The lowest BCUT2D eigenvalue weighted by Crippen LogP contribution is -2.31. The number of nitrogens with one attached hydrogen (secondary N) is 1. The Balaban J connectivity index is 1.29. The number of aliphatic imine (C=N–C) groups is 1. The Morgan fingerprint density at radius 3 is 2.32 bits per heavy atom. The van der Waals surface area contributed by atoms with E-state index < -0.39 is 49.3 Å². The number of amidine groups is 1. The summed E-state index contributed by atoms with van der Waals surface area (Å²) in [4.78, 5) is 30.6. The van der Waals surface area contributed by atoms with E-state index in [1.54, 1.807) is 19.1 Å². The molecule has 18 heteroatoms. The van der Waals surface area contributed by atoms with Crippen LogP contribution in [0.5, 0.6) is 5.75 Å². The van der Waals surface area contributed by atoms with Gasteiger partial charge in [0.1, 0.15) is 28.2 Å². The largest absolute Gasteiger partial charge is 0.573 e. The van der Waals surface area contributed by atoms with Gasteiger partial charge >= 0.3 is 18.6 Å². The number of alkyl halides is 6. The molecule has 0 spiro atoms. The number of carbonyl (C=O) groups is 2. The van der Waals surface area contributed by atoms with E-state index in [0.29, 0.717) is 21.7 Å². The highest BCUT2D eigenvalue weighted by atomic mass is 32.2. The molecule has 9 nitrogen and oxygen atoms in total. The first kappa shape index (κ1) is 33.8. The summed E-state index contributed by atoms with van der Waals surface area (Å²) in [7, 11) is 0. The molecule has 3 aromatic carbocycles. The van der Waals surface area contributed by atoms with Crippen LogP contribution in [0.1, 0.15) is 11.1 Å². The molecule has 1 fully saturated rings. The van der Waals surface area contributed by atoms with Crippen LogP contribution in [-0.4, -0.2) is 52.2 Å². The monoisotopic (exact) mass is 699 g/mol. The normalized spacial score (nSPS) is 14.6. The Morgan fingerprint density at radius 2 is 1.66 bits per heavy atom. The van der Waals surface area contributed by atoms with Crippen molar-refractivity contribution in [1.82, 2.24) is 10.2 Å². The number of benzene rings is 3. The van der Waals surface area contributed by atoms with Gasteiger partial charge in [-0.15, -0.1) is 23.4 Å². The predicted molar refractivity (Wildman–Crippen MR) is 161 cm³/mol. The molecule has 5 rings (SSSR count). The number of amides is 3. The van der Waals surface area contributed by atoms with Crippen molar-refractivity contribution in [1.29, 1.82) is 0 Å². The van der Waals surface area contributed by atoms with Crippen LogP contribution in [0.2, 0.25) is 0 Å². The minimum absolute atomic E-state index is 0.0633. The molecule has 4 aromatic rings.